The van der Waals surface area contributed by atoms with Crippen molar-refractivity contribution in [3.63, 3.8) is 0 Å². The van der Waals surface area contributed by atoms with E-state index in [-0.39, 0.29) is 11.1 Å². The zero-order valence-corrected chi connectivity index (χ0v) is 11.8. The zero-order chi connectivity index (χ0) is 14.7. The van der Waals surface area contributed by atoms with Gasteiger partial charge in [0, 0.05) is 5.69 Å². The first-order valence-corrected chi connectivity index (χ1v) is 6.81. The molecule has 3 nitrogen and oxygen atoms in total. The number of hydrogen-bond donors (Lipinski definition) is 1. The molecule has 0 atom stereocenters. The maximum atomic E-state index is 12.0. The van der Waals surface area contributed by atoms with Crippen molar-refractivity contribution >= 4 is 23.2 Å². The monoisotopic (exact) mass is 297 g/mol. The largest absolute Gasteiger partial charge is 0.452 e. The van der Waals surface area contributed by atoms with Crippen LogP contribution in [0, 0.1) is 0 Å². The van der Waals surface area contributed by atoms with Crippen LogP contribution in [-0.2, 0) is 0 Å². The number of nitrogens with one attached hydrogen (secondary N) is 1. The molecule has 0 aliphatic heterocycles. The summed E-state index contributed by atoms with van der Waals surface area (Å²) in [6.45, 7) is 0. The van der Waals surface area contributed by atoms with E-state index in [1.165, 1.54) is 12.3 Å². The Balaban J connectivity index is 1.76. The molecule has 1 N–H and O–H groups in total. The molecule has 1 heterocycles. The highest BCUT2D eigenvalue weighted by molar-refractivity contribution is 6.32. The minimum absolute atomic E-state index is 0.0911. The van der Waals surface area contributed by atoms with Crippen LogP contribution in [0.3, 0.4) is 0 Å². The maximum absolute atomic E-state index is 12.0. The van der Waals surface area contributed by atoms with Gasteiger partial charge in [-0.2, -0.15) is 0 Å². The number of carbonyl (C=O) groups is 1. The van der Waals surface area contributed by atoms with E-state index in [0.29, 0.717) is 11.3 Å². The molecule has 0 radical (unpaired) electrons. The normalized spacial score (nSPS) is 10.3. The fraction of sp³-hybridized carbons (Fsp3) is 0. The van der Waals surface area contributed by atoms with Crippen LogP contribution >= 0.6 is 11.6 Å². The van der Waals surface area contributed by atoms with Crippen LogP contribution in [0.5, 0.6) is 0 Å². The molecule has 3 aromatic rings. The summed E-state index contributed by atoms with van der Waals surface area (Å²) in [6, 6.07) is 19.2. The van der Waals surface area contributed by atoms with Crippen molar-refractivity contribution in [2.24, 2.45) is 0 Å². The molecule has 2 aromatic carbocycles. The second-order valence-corrected chi connectivity index (χ2v) is 4.85. The van der Waals surface area contributed by atoms with Gasteiger partial charge in [-0.15, -0.1) is 0 Å². The molecule has 1 amide bonds. The van der Waals surface area contributed by atoms with Gasteiger partial charge in [0.05, 0.1) is 11.8 Å². The Kier molecular flexibility index (Phi) is 3.75. The van der Waals surface area contributed by atoms with Crippen LogP contribution in [0.25, 0.3) is 11.1 Å². The molecular weight excluding hydrogens is 286 g/mol. The number of rotatable bonds is 3. The highest BCUT2D eigenvalue weighted by atomic mass is 35.5. The molecule has 1 aromatic heterocycles. The maximum Gasteiger partial charge on any atom is 0.260 e. The molecule has 0 aliphatic carbocycles. The molecule has 0 bridgehead atoms. The summed E-state index contributed by atoms with van der Waals surface area (Å²) in [6.07, 6.45) is 1.38. The Labute approximate surface area is 127 Å². The average Bonchev–Trinajstić information content (AvgIpc) is 2.95. The SMILES string of the molecule is O=C(Nc1ccc(-c2ccccc2)cc1)c1ccoc1Cl. The van der Waals surface area contributed by atoms with Crippen molar-refractivity contribution in [2.45, 2.75) is 0 Å². The van der Waals surface area contributed by atoms with Crippen LogP contribution in [0.15, 0.2) is 71.3 Å². The molecule has 0 spiro atoms. The van der Waals surface area contributed by atoms with Gasteiger partial charge in [0.1, 0.15) is 0 Å². The second kappa shape index (κ2) is 5.85. The topological polar surface area (TPSA) is 42.2 Å². The summed E-state index contributed by atoms with van der Waals surface area (Å²) in [4.78, 5) is 12.0. The lowest BCUT2D eigenvalue weighted by Gasteiger charge is -2.06. The Morgan fingerprint density at radius 1 is 0.905 bits per heavy atom. The standard InChI is InChI=1S/C17H12ClNO2/c18-16-15(10-11-21-16)17(20)19-14-8-6-13(7-9-14)12-4-2-1-3-5-12/h1-11H,(H,19,20). The van der Waals surface area contributed by atoms with Gasteiger partial charge in [0.25, 0.3) is 5.91 Å². The van der Waals surface area contributed by atoms with E-state index in [4.69, 9.17) is 16.0 Å². The Bertz CT molecular complexity index is 748. The Morgan fingerprint density at radius 3 is 2.19 bits per heavy atom. The summed E-state index contributed by atoms with van der Waals surface area (Å²) in [7, 11) is 0. The van der Waals surface area contributed by atoms with Gasteiger partial charge in [-0.3, -0.25) is 4.79 Å². The minimum Gasteiger partial charge on any atom is -0.452 e. The summed E-state index contributed by atoms with van der Waals surface area (Å²) < 4.78 is 4.90. The van der Waals surface area contributed by atoms with Crippen molar-refractivity contribution < 1.29 is 9.21 Å². The number of halogens is 1. The van der Waals surface area contributed by atoms with Crippen molar-refractivity contribution in [3.8, 4) is 11.1 Å². The first-order valence-electron chi connectivity index (χ1n) is 6.44. The number of amides is 1. The fourth-order valence-corrected chi connectivity index (χ4v) is 2.23. The van der Waals surface area contributed by atoms with Gasteiger partial charge in [-0.05, 0) is 40.9 Å². The lowest BCUT2D eigenvalue weighted by atomic mass is 10.1. The van der Waals surface area contributed by atoms with Gasteiger partial charge < -0.3 is 9.73 Å². The highest BCUT2D eigenvalue weighted by Gasteiger charge is 2.12. The summed E-state index contributed by atoms with van der Waals surface area (Å²) in [5.74, 6) is -0.291. The van der Waals surface area contributed by atoms with Crippen LogP contribution in [0.1, 0.15) is 10.4 Å². The lowest BCUT2D eigenvalue weighted by Crippen LogP contribution is -2.11. The second-order valence-electron chi connectivity index (χ2n) is 4.51. The van der Waals surface area contributed by atoms with Gasteiger partial charge >= 0.3 is 0 Å². The predicted octanol–water partition coefficient (Wildman–Crippen LogP) is 4.85. The van der Waals surface area contributed by atoms with Crippen molar-refractivity contribution in [2.75, 3.05) is 5.32 Å². The van der Waals surface area contributed by atoms with Crippen LogP contribution in [0.4, 0.5) is 5.69 Å². The van der Waals surface area contributed by atoms with Gasteiger partial charge in [0.2, 0.25) is 5.22 Å². The van der Waals surface area contributed by atoms with Crippen molar-refractivity contribution in [3.05, 3.63) is 77.7 Å². The number of hydrogen-bond acceptors (Lipinski definition) is 2. The number of carbonyl (C=O) groups excluding carboxylic acids is 1. The van der Waals surface area contributed by atoms with E-state index in [1.54, 1.807) is 0 Å². The molecule has 0 saturated heterocycles. The number of anilines is 1. The predicted molar refractivity (Wildman–Crippen MR) is 83.5 cm³/mol. The lowest BCUT2D eigenvalue weighted by molar-refractivity contribution is 0.102. The number of benzene rings is 2. The third-order valence-electron chi connectivity index (χ3n) is 3.11. The minimum atomic E-state index is -0.291. The molecule has 0 aliphatic rings. The molecule has 104 valence electrons. The van der Waals surface area contributed by atoms with Crippen LogP contribution in [0.2, 0.25) is 5.22 Å². The van der Waals surface area contributed by atoms with Gasteiger partial charge in [0.15, 0.2) is 0 Å². The summed E-state index contributed by atoms with van der Waals surface area (Å²) in [5, 5.41) is 2.87. The molecule has 3 rings (SSSR count). The number of furan rings is 1. The van der Waals surface area contributed by atoms with Gasteiger partial charge in [-0.1, -0.05) is 42.5 Å². The van der Waals surface area contributed by atoms with E-state index in [9.17, 15) is 4.79 Å². The smallest absolute Gasteiger partial charge is 0.260 e. The molecular formula is C17H12ClNO2. The quantitative estimate of drug-likeness (QED) is 0.750. The Hall–Kier alpha value is -2.52. The molecule has 4 heteroatoms. The average molecular weight is 298 g/mol. The first kappa shape index (κ1) is 13.5. The molecule has 21 heavy (non-hydrogen) atoms. The summed E-state index contributed by atoms with van der Waals surface area (Å²) >= 11 is 5.78. The van der Waals surface area contributed by atoms with E-state index < -0.39 is 0 Å². The van der Waals surface area contributed by atoms with Crippen molar-refractivity contribution in [1.82, 2.24) is 0 Å². The van der Waals surface area contributed by atoms with Crippen molar-refractivity contribution in [1.29, 1.82) is 0 Å². The third kappa shape index (κ3) is 2.98. The molecule has 0 fully saturated rings. The molecule has 0 saturated carbocycles. The first-order chi connectivity index (χ1) is 10.2. The van der Waals surface area contributed by atoms with Crippen LogP contribution < -0.4 is 5.32 Å². The van der Waals surface area contributed by atoms with E-state index in [1.807, 2.05) is 54.6 Å². The Morgan fingerprint density at radius 2 is 1.57 bits per heavy atom. The third-order valence-corrected chi connectivity index (χ3v) is 3.41. The van der Waals surface area contributed by atoms with Crippen LogP contribution in [-0.4, -0.2) is 5.91 Å². The van der Waals surface area contributed by atoms with Gasteiger partial charge in [-0.25, -0.2) is 0 Å². The summed E-state index contributed by atoms with van der Waals surface area (Å²) in [5.41, 5.74) is 3.25. The highest BCUT2D eigenvalue weighted by Crippen LogP contribution is 2.22. The van der Waals surface area contributed by atoms with E-state index in [0.717, 1.165) is 11.1 Å². The van der Waals surface area contributed by atoms with E-state index >= 15 is 0 Å². The fourth-order valence-electron chi connectivity index (χ4n) is 2.03. The zero-order valence-electron chi connectivity index (χ0n) is 11.0. The molecule has 0 unspecified atom stereocenters. The van der Waals surface area contributed by atoms with E-state index in [2.05, 4.69) is 5.32 Å².